The molecule has 0 N–H and O–H groups in total. The van der Waals surface area contributed by atoms with Crippen molar-refractivity contribution in [2.45, 2.75) is 11.8 Å². The molecule has 6 aromatic carbocycles. The van der Waals surface area contributed by atoms with Gasteiger partial charge in [0.15, 0.2) is 0 Å². The molecule has 58 heavy (non-hydrogen) atoms. The lowest BCUT2D eigenvalue weighted by molar-refractivity contribution is 1.27. The summed E-state index contributed by atoms with van der Waals surface area (Å²) in [4.78, 5) is 3.42. The Hall–Kier alpha value is -7.07. The SMILES string of the molecule is C=C/C=C(\C=C/n1c2ccccc2c2cc(-c3ccc4c(c3)C(=C)/C=C\C=C/N4c3ccc(-c4ccccc4)cc3)ccc21)c1ccccc1S/C=C\C=C/C(=C)C. The molecule has 0 saturated carbocycles. The molecule has 1 aromatic heterocycles. The zero-order valence-electron chi connectivity index (χ0n) is 32.6. The van der Waals surface area contributed by atoms with Gasteiger partial charge in [0.2, 0.25) is 0 Å². The first kappa shape index (κ1) is 37.8. The molecule has 0 unspecified atom stereocenters. The highest BCUT2D eigenvalue weighted by Crippen LogP contribution is 2.40. The molecule has 3 heteroatoms. The van der Waals surface area contributed by atoms with Crippen molar-refractivity contribution >= 4 is 62.3 Å². The second-order valence-electron chi connectivity index (χ2n) is 14.2. The average Bonchev–Trinajstić information content (AvgIpc) is 3.57. The van der Waals surface area contributed by atoms with E-state index in [4.69, 9.17) is 0 Å². The molecule has 0 atom stereocenters. The van der Waals surface area contributed by atoms with Crippen molar-refractivity contribution in [2.24, 2.45) is 0 Å². The number of thioether (sulfide) groups is 1. The van der Waals surface area contributed by atoms with Crippen LogP contribution in [0.25, 0.3) is 61.4 Å². The molecule has 2 heterocycles. The van der Waals surface area contributed by atoms with E-state index < -0.39 is 0 Å². The van der Waals surface area contributed by atoms with Crippen molar-refractivity contribution in [3.63, 3.8) is 0 Å². The lowest BCUT2D eigenvalue weighted by Crippen LogP contribution is -2.11. The third kappa shape index (κ3) is 8.08. The average molecular weight is 765 g/mol. The number of nitrogens with zero attached hydrogens (tertiary/aromatic N) is 2. The first-order chi connectivity index (χ1) is 28.5. The molecule has 8 rings (SSSR count). The molecule has 2 nitrogen and oxygen atoms in total. The van der Waals surface area contributed by atoms with Crippen molar-refractivity contribution in [1.82, 2.24) is 4.57 Å². The van der Waals surface area contributed by atoms with Crippen LogP contribution < -0.4 is 4.90 Å². The monoisotopic (exact) mass is 764 g/mol. The van der Waals surface area contributed by atoms with Gasteiger partial charge >= 0.3 is 0 Å². The summed E-state index contributed by atoms with van der Waals surface area (Å²) in [6.07, 6.45) is 22.7. The van der Waals surface area contributed by atoms with Crippen molar-refractivity contribution in [1.29, 1.82) is 0 Å². The largest absolute Gasteiger partial charge is 0.317 e. The van der Waals surface area contributed by atoms with Gasteiger partial charge in [-0.3, -0.25) is 0 Å². The number of aromatic nitrogens is 1. The minimum atomic E-state index is 0.967. The Morgan fingerprint density at radius 2 is 1.36 bits per heavy atom. The predicted molar refractivity (Wildman–Crippen MR) is 255 cm³/mol. The highest BCUT2D eigenvalue weighted by atomic mass is 32.2. The molecule has 0 spiro atoms. The maximum Gasteiger partial charge on any atom is 0.0535 e. The lowest BCUT2D eigenvalue weighted by atomic mass is 9.95. The maximum atomic E-state index is 4.49. The van der Waals surface area contributed by atoms with E-state index in [-0.39, 0.29) is 0 Å². The molecule has 7 aromatic rings. The Morgan fingerprint density at radius 1 is 0.655 bits per heavy atom. The van der Waals surface area contributed by atoms with Gasteiger partial charge in [-0.1, -0.05) is 171 Å². The van der Waals surface area contributed by atoms with Gasteiger partial charge in [-0.15, -0.1) is 0 Å². The van der Waals surface area contributed by atoms with Crippen LogP contribution in [-0.4, -0.2) is 4.57 Å². The minimum Gasteiger partial charge on any atom is -0.317 e. The second-order valence-corrected chi connectivity index (χ2v) is 15.1. The highest BCUT2D eigenvalue weighted by molar-refractivity contribution is 8.02. The lowest BCUT2D eigenvalue weighted by Gasteiger charge is -2.26. The molecule has 0 fully saturated rings. The molecule has 0 aliphatic carbocycles. The summed E-state index contributed by atoms with van der Waals surface area (Å²) < 4.78 is 2.30. The molecule has 0 amide bonds. The van der Waals surface area contributed by atoms with Gasteiger partial charge in [0.05, 0.1) is 16.7 Å². The molecule has 0 bridgehead atoms. The van der Waals surface area contributed by atoms with Gasteiger partial charge in [-0.05, 0) is 112 Å². The molecular weight excluding hydrogens is 721 g/mol. The fourth-order valence-electron chi connectivity index (χ4n) is 7.38. The van der Waals surface area contributed by atoms with Crippen LogP contribution >= 0.6 is 11.8 Å². The number of benzene rings is 6. The van der Waals surface area contributed by atoms with Crippen LogP contribution in [0.5, 0.6) is 0 Å². The Kier molecular flexibility index (Phi) is 11.3. The molecule has 280 valence electrons. The number of para-hydroxylation sites is 1. The summed E-state index contributed by atoms with van der Waals surface area (Å²) in [6.45, 7) is 14.5. The summed E-state index contributed by atoms with van der Waals surface area (Å²) >= 11 is 1.70. The van der Waals surface area contributed by atoms with Gasteiger partial charge in [0.1, 0.15) is 0 Å². The van der Waals surface area contributed by atoms with Crippen LogP contribution in [0.2, 0.25) is 0 Å². The molecule has 0 saturated heterocycles. The Bertz CT molecular complexity index is 2860. The van der Waals surface area contributed by atoms with Crippen molar-refractivity contribution in [3.8, 4) is 22.3 Å². The van der Waals surface area contributed by atoms with E-state index in [2.05, 4.69) is 217 Å². The third-order valence-electron chi connectivity index (χ3n) is 10.2. The molecule has 1 aliphatic heterocycles. The van der Waals surface area contributed by atoms with Gasteiger partial charge in [0, 0.05) is 39.3 Å². The third-order valence-corrected chi connectivity index (χ3v) is 11.1. The first-order valence-electron chi connectivity index (χ1n) is 19.4. The van der Waals surface area contributed by atoms with E-state index in [1.54, 1.807) is 11.8 Å². The van der Waals surface area contributed by atoms with Crippen LogP contribution in [0, 0.1) is 0 Å². The number of rotatable bonds is 11. The number of anilines is 2. The fraction of sp³-hybridized carbons (Fsp3) is 0.0182. The summed E-state index contributed by atoms with van der Waals surface area (Å²) in [5.74, 6) is 0. The van der Waals surface area contributed by atoms with Crippen molar-refractivity contribution in [2.75, 3.05) is 4.90 Å². The zero-order valence-corrected chi connectivity index (χ0v) is 33.4. The highest BCUT2D eigenvalue weighted by Gasteiger charge is 2.17. The minimum absolute atomic E-state index is 0.967. The number of allylic oxidation sites excluding steroid dienone is 12. The van der Waals surface area contributed by atoms with E-state index in [0.717, 1.165) is 61.4 Å². The quantitative estimate of drug-likeness (QED) is 0.0957. The summed E-state index contributed by atoms with van der Waals surface area (Å²) in [7, 11) is 0. The van der Waals surface area contributed by atoms with Crippen LogP contribution in [-0.2, 0) is 0 Å². The van der Waals surface area contributed by atoms with Crippen molar-refractivity contribution < 1.29 is 0 Å². The summed E-state index contributed by atoms with van der Waals surface area (Å²) in [5, 5.41) is 4.51. The van der Waals surface area contributed by atoms with Gasteiger partial charge in [-0.25, -0.2) is 0 Å². The van der Waals surface area contributed by atoms with E-state index in [9.17, 15) is 0 Å². The van der Waals surface area contributed by atoms with E-state index in [1.807, 2.05) is 31.2 Å². The van der Waals surface area contributed by atoms with Crippen LogP contribution in [0.1, 0.15) is 18.1 Å². The molecule has 0 radical (unpaired) electrons. The number of fused-ring (bicyclic) bond motifs is 4. The smallest absolute Gasteiger partial charge is 0.0535 e. The van der Waals surface area contributed by atoms with Crippen LogP contribution in [0.4, 0.5) is 11.4 Å². The van der Waals surface area contributed by atoms with Crippen LogP contribution in [0.3, 0.4) is 0 Å². The second kappa shape index (κ2) is 17.4. The van der Waals surface area contributed by atoms with E-state index in [1.165, 1.54) is 26.8 Å². The van der Waals surface area contributed by atoms with E-state index >= 15 is 0 Å². The normalized spacial score (nSPS) is 14.3. The Morgan fingerprint density at radius 3 is 2.19 bits per heavy atom. The summed E-state index contributed by atoms with van der Waals surface area (Å²) in [6, 6.07) is 49.9. The van der Waals surface area contributed by atoms with Gasteiger partial charge in [-0.2, -0.15) is 0 Å². The molecule has 1 aliphatic rings. The maximum absolute atomic E-state index is 4.49. The Balaban J connectivity index is 1.14. The Labute approximate surface area is 346 Å². The van der Waals surface area contributed by atoms with Crippen LogP contribution in [0.15, 0.2) is 236 Å². The van der Waals surface area contributed by atoms with Crippen molar-refractivity contribution in [3.05, 3.63) is 242 Å². The topological polar surface area (TPSA) is 8.17 Å². The number of hydrogen-bond acceptors (Lipinski definition) is 2. The number of hydrogen-bond donors (Lipinski definition) is 0. The zero-order chi connectivity index (χ0) is 39.8. The van der Waals surface area contributed by atoms with Gasteiger partial charge < -0.3 is 9.47 Å². The summed E-state index contributed by atoms with van der Waals surface area (Å²) in [5.41, 5.74) is 14.5. The predicted octanol–water partition coefficient (Wildman–Crippen LogP) is 15.8. The van der Waals surface area contributed by atoms with Gasteiger partial charge in [0.25, 0.3) is 0 Å². The van der Waals surface area contributed by atoms with E-state index in [0.29, 0.717) is 0 Å². The standard InChI is InChI=1S/C55H44N2S/c1-5-17-44(48-22-10-12-25-55(48)58-37-16-14-18-40(2)3)34-36-57-52-24-11-9-23-49(52)51-39-46(29-33-54(51)57)45-28-32-53-50(38-45)41(4)19-13-15-35-56(53)47-30-26-43(27-31-47)42-20-7-6-8-21-42/h5-39H,1-2,4H2,3H3/b18-14-,19-13-,35-15-,36-34-,37-16-,44-17+. The fourth-order valence-corrected chi connectivity index (χ4v) is 8.16. The first-order valence-corrected chi connectivity index (χ1v) is 20.3. The molecular formula is C55H44N2S.